The first kappa shape index (κ1) is 15.4. The van der Waals surface area contributed by atoms with E-state index in [1.54, 1.807) is 0 Å². The molecule has 0 radical (unpaired) electrons. The van der Waals surface area contributed by atoms with Gasteiger partial charge in [0.2, 0.25) is 0 Å². The summed E-state index contributed by atoms with van der Waals surface area (Å²) in [5, 5.41) is 0. The van der Waals surface area contributed by atoms with Crippen molar-refractivity contribution < 1.29 is 4.79 Å². The summed E-state index contributed by atoms with van der Waals surface area (Å²) in [6, 6.07) is 25.0. The van der Waals surface area contributed by atoms with Crippen LogP contribution in [-0.2, 0) is 6.42 Å². The van der Waals surface area contributed by atoms with E-state index in [4.69, 9.17) is 0 Å². The fourth-order valence-corrected chi connectivity index (χ4v) is 3.27. The highest BCUT2D eigenvalue weighted by atomic mass is 16.1. The summed E-state index contributed by atoms with van der Waals surface area (Å²) in [5.74, 6) is 0. The van der Waals surface area contributed by atoms with Gasteiger partial charge in [0, 0.05) is 17.3 Å². The van der Waals surface area contributed by atoms with Crippen molar-refractivity contribution in [3.8, 4) is 22.3 Å². The molecule has 0 N–H and O–H groups in total. The number of benzene rings is 2. The molecule has 0 fully saturated rings. The highest BCUT2D eigenvalue weighted by Crippen LogP contribution is 2.29. The zero-order chi connectivity index (χ0) is 17.2. The monoisotopic (exact) mass is 325 g/mol. The number of aromatic nitrogens is 1. The number of nitrogens with zero attached hydrogens (tertiary/aromatic N) is 1. The maximum atomic E-state index is 11.7. The molecule has 0 aliphatic carbocycles. The molecule has 2 heterocycles. The molecule has 25 heavy (non-hydrogen) atoms. The second kappa shape index (κ2) is 6.40. The highest BCUT2D eigenvalue weighted by molar-refractivity contribution is 5.90. The van der Waals surface area contributed by atoms with Crippen LogP contribution in [0.2, 0.25) is 0 Å². The number of carbonyl (C=O) groups excluding carboxylic acids is 1. The Labute approximate surface area is 147 Å². The van der Waals surface area contributed by atoms with E-state index in [2.05, 4.69) is 67.7 Å². The van der Waals surface area contributed by atoms with E-state index in [0.717, 1.165) is 29.4 Å². The number of hydrogen-bond donors (Lipinski definition) is 0. The van der Waals surface area contributed by atoms with E-state index < -0.39 is 0 Å². The van der Waals surface area contributed by atoms with Gasteiger partial charge in [0.25, 0.3) is 0 Å². The summed E-state index contributed by atoms with van der Waals surface area (Å²) < 4.78 is 1.99. The Balaban J connectivity index is 1.80. The van der Waals surface area contributed by atoms with Crippen LogP contribution in [0.25, 0.3) is 27.8 Å². The van der Waals surface area contributed by atoms with E-state index in [0.29, 0.717) is 5.69 Å². The lowest BCUT2D eigenvalue weighted by atomic mass is 10.0. The van der Waals surface area contributed by atoms with E-state index >= 15 is 0 Å². The Morgan fingerprint density at radius 2 is 1.52 bits per heavy atom. The number of rotatable bonds is 4. The Morgan fingerprint density at radius 1 is 0.840 bits per heavy atom. The van der Waals surface area contributed by atoms with Gasteiger partial charge in [0.05, 0.1) is 5.69 Å². The summed E-state index contributed by atoms with van der Waals surface area (Å²) in [5.41, 5.74) is 7.37. The third kappa shape index (κ3) is 2.76. The highest BCUT2D eigenvalue weighted by Gasteiger charge is 2.12. The van der Waals surface area contributed by atoms with Crippen LogP contribution in [0, 0.1) is 0 Å². The fraction of sp³-hybridized carbons (Fsp3) is 0.0870. The van der Waals surface area contributed by atoms with Crippen molar-refractivity contribution in [3.63, 3.8) is 0 Å². The van der Waals surface area contributed by atoms with Crippen molar-refractivity contribution in [1.82, 2.24) is 4.40 Å². The lowest BCUT2D eigenvalue weighted by molar-refractivity contribution is 0.111. The van der Waals surface area contributed by atoms with Crippen molar-refractivity contribution in [3.05, 3.63) is 90.3 Å². The van der Waals surface area contributed by atoms with Crippen molar-refractivity contribution in [2.45, 2.75) is 13.3 Å². The molecular formula is C23H19NO. The number of fused-ring (bicyclic) bond motifs is 1. The molecule has 122 valence electrons. The number of aryl methyl sites for hydroxylation is 1. The van der Waals surface area contributed by atoms with Crippen molar-refractivity contribution in [1.29, 1.82) is 0 Å². The number of carbonyl (C=O) groups is 1. The normalized spacial score (nSPS) is 10.9. The smallest absolute Gasteiger partial charge is 0.167 e. The Morgan fingerprint density at radius 3 is 2.20 bits per heavy atom. The minimum Gasteiger partial charge on any atom is -0.313 e. The lowest BCUT2D eigenvalue weighted by Crippen LogP contribution is -1.94. The standard InChI is InChI=1S/C23H19NO/c1-2-17-8-13-21-14-22(23(16-25)24(21)15-17)20-11-9-19(10-12-20)18-6-4-3-5-7-18/h3-16H,2H2,1H3. The minimum atomic E-state index is 0.706. The van der Waals surface area contributed by atoms with E-state index in [1.807, 2.05) is 22.6 Å². The number of aldehydes is 1. The van der Waals surface area contributed by atoms with Crippen LogP contribution in [0.3, 0.4) is 0 Å². The fourth-order valence-electron chi connectivity index (χ4n) is 3.27. The molecule has 0 saturated heterocycles. The van der Waals surface area contributed by atoms with Gasteiger partial charge >= 0.3 is 0 Å². The largest absolute Gasteiger partial charge is 0.313 e. The van der Waals surface area contributed by atoms with Crippen LogP contribution >= 0.6 is 0 Å². The summed E-state index contributed by atoms with van der Waals surface area (Å²) in [7, 11) is 0. The molecule has 4 rings (SSSR count). The molecule has 4 aromatic rings. The summed E-state index contributed by atoms with van der Waals surface area (Å²) in [6.07, 6.45) is 3.96. The topological polar surface area (TPSA) is 21.5 Å². The first-order chi connectivity index (χ1) is 12.3. The maximum absolute atomic E-state index is 11.7. The molecule has 2 heteroatoms. The zero-order valence-electron chi connectivity index (χ0n) is 14.1. The molecule has 0 saturated carbocycles. The van der Waals surface area contributed by atoms with E-state index in [9.17, 15) is 4.79 Å². The number of pyridine rings is 1. The Hall–Kier alpha value is -3.13. The predicted octanol–water partition coefficient (Wildman–Crippen LogP) is 5.65. The number of hydrogen-bond acceptors (Lipinski definition) is 1. The molecule has 0 amide bonds. The predicted molar refractivity (Wildman–Crippen MR) is 103 cm³/mol. The van der Waals surface area contributed by atoms with Crippen molar-refractivity contribution in [2.75, 3.05) is 0 Å². The quantitative estimate of drug-likeness (QED) is 0.444. The van der Waals surface area contributed by atoms with Crippen LogP contribution in [0.5, 0.6) is 0 Å². The first-order valence-electron chi connectivity index (χ1n) is 8.55. The van der Waals surface area contributed by atoms with Gasteiger partial charge in [-0.3, -0.25) is 4.79 Å². The average Bonchev–Trinajstić information content (AvgIpc) is 3.06. The van der Waals surface area contributed by atoms with Crippen LogP contribution in [0.15, 0.2) is 79.0 Å². The van der Waals surface area contributed by atoms with Crippen LogP contribution in [-0.4, -0.2) is 10.7 Å². The maximum Gasteiger partial charge on any atom is 0.167 e. The average molecular weight is 325 g/mol. The third-order valence-electron chi connectivity index (χ3n) is 4.69. The van der Waals surface area contributed by atoms with Crippen LogP contribution < -0.4 is 0 Å². The van der Waals surface area contributed by atoms with Crippen molar-refractivity contribution >= 4 is 11.8 Å². The zero-order valence-corrected chi connectivity index (χ0v) is 14.1. The van der Waals surface area contributed by atoms with Gasteiger partial charge in [-0.05, 0) is 40.8 Å². The Kier molecular flexibility index (Phi) is 3.95. The van der Waals surface area contributed by atoms with E-state index in [-0.39, 0.29) is 0 Å². The summed E-state index contributed by atoms with van der Waals surface area (Å²) in [6.45, 7) is 2.12. The second-order valence-electron chi connectivity index (χ2n) is 6.19. The molecule has 0 bridgehead atoms. The van der Waals surface area contributed by atoms with Gasteiger partial charge in [-0.25, -0.2) is 0 Å². The molecule has 0 aliphatic rings. The lowest BCUT2D eigenvalue weighted by Gasteiger charge is -2.05. The third-order valence-corrected chi connectivity index (χ3v) is 4.69. The SMILES string of the molecule is CCc1ccc2cc(-c3ccc(-c4ccccc4)cc3)c(C=O)n2c1. The molecule has 2 aromatic heterocycles. The van der Waals surface area contributed by atoms with Gasteiger partial charge in [-0.1, -0.05) is 67.6 Å². The van der Waals surface area contributed by atoms with Gasteiger partial charge in [0.15, 0.2) is 6.29 Å². The minimum absolute atomic E-state index is 0.706. The molecule has 0 spiro atoms. The first-order valence-corrected chi connectivity index (χ1v) is 8.55. The molecule has 0 unspecified atom stereocenters. The summed E-state index contributed by atoms with van der Waals surface area (Å²) in [4.78, 5) is 11.7. The van der Waals surface area contributed by atoms with Gasteiger partial charge in [-0.2, -0.15) is 0 Å². The van der Waals surface area contributed by atoms with Gasteiger partial charge in [-0.15, -0.1) is 0 Å². The molecule has 0 aliphatic heterocycles. The molecule has 0 atom stereocenters. The van der Waals surface area contributed by atoms with Crippen LogP contribution in [0.1, 0.15) is 23.0 Å². The van der Waals surface area contributed by atoms with Gasteiger partial charge < -0.3 is 4.40 Å². The molecule has 2 nitrogen and oxygen atoms in total. The molecule has 2 aromatic carbocycles. The van der Waals surface area contributed by atoms with Gasteiger partial charge in [0.1, 0.15) is 0 Å². The van der Waals surface area contributed by atoms with E-state index in [1.165, 1.54) is 16.7 Å². The Bertz CT molecular complexity index is 1030. The van der Waals surface area contributed by atoms with Crippen LogP contribution in [0.4, 0.5) is 0 Å². The second-order valence-corrected chi connectivity index (χ2v) is 6.19. The van der Waals surface area contributed by atoms with Crippen molar-refractivity contribution in [2.24, 2.45) is 0 Å². The molecular weight excluding hydrogens is 306 g/mol. The summed E-state index contributed by atoms with van der Waals surface area (Å²) >= 11 is 0.